The molecule has 0 aliphatic carbocycles. The van der Waals surface area contributed by atoms with Gasteiger partial charge in [-0.15, -0.1) is 0 Å². The van der Waals surface area contributed by atoms with Crippen molar-refractivity contribution in [1.82, 2.24) is 5.32 Å². The van der Waals surface area contributed by atoms with E-state index in [4.69, 9.17) is 0 Å². The summed E-state index contributed by atoms with van der Waals surface area (Å²) in [4.78, 5) is 0. The Bertz CT molecular complexity index is 330. The van der Waals surface area contributed by atoms with Crippen LogP contribution in [-0.4, -0.2) is 23.8 Å². The number of nitrogens with one attached hydrogen (secondary N) is 1. The van der Waals surface area contributed by atoms with Crippen LogP contribution in [0.5, 0.6) is 0 Å². The van der Waals surface area contributed by atoms with Crippen LogP contribution in [0.3, 0.4) is 0 Å². The van der Waals surface area contributed by atoms with Crippen LogP contribution in [0.15, 0.2) is 24.3 Å². The largest absolute Gasteiger partial charge is 0.392 e. The predicted molar refractivity (Wildman–Crippen MR) is 68.5 cm³/mol. The van der Waals surface area contributed by atoms with Crippen LogP contribution in [0.25, 0.3) is 0 Å². The molecule has 1 aromatic carbocycles. The first-order valence-electron chi connectivity index (χ1n) is 6.27. The number of aliphatic hydroxyl groups excluding tert-OH is 1. The van der Waals surface area contributed by atoms with Crippen LogP contribution in [0.1, 0.15) is 32.3 Å². The van der Waals surface area contributed by atoms with E-state index in [0.29, 0.717) is 6.54 Å². The highest BCUT2D eigenvalue weighted by atomic mass is 19.1. The summed E-state index contributed by atoms with van der Waals surface area (Å²) in [7, 11) is 0. The van der Waals surface area contributed by atoms with Gasteiger partial charge in [-0.25, -0.2) is 4.39 Å². The maximum Gasteiger partial charge on any atom is 0.123 e. The lowest BCUT2D eigenvalue weighted by molar-refractivity contribution is 0.157. The van der Waals surface area contributed by atoms with Crippen LogP contribution in [-0.2, 0) is 6.42 Å². The fourth-order valence-corrected chi connectivity index (χ4v) is 1.86. The van der Waals surface area contributed by atoms with E-state index in [0.717, 1.165) is 24.8 Å². The Labute approximate surface area is 103 Å². The second-order valence-electron chi connectivity index (χ2n) is 4.59. The highest BCUT2D eigenvalue weighted by molar-refractivity contribution is 5.17. The molecule has 0 saturated carbocycles. The van der Waals surface area contributed by atoms with Gasteiger partial charge in [-0.05, 0) is 37.5 Å². The fourth-order valence-electron chi connectivity index (χ4n) is 1.86. The molecule has 0 radical (unpaired) electrons. The maximum atomic E-state index is 13.0. The van der Waals surface area contributed by atoms with Crippen LogP contribution in [0.2, 0.25) is 0 Å². The number of benzene rings is 1. The van der Waals surface area contributed by atoms with Crippen molar-refractivity contribution >= 4 is 0 Å². The Balaban J connectivity index is 2.32. The average Bonchev–Trinajstić information content (AvgIpc) is 2.27. The number of aliphatic hydroxyl groups is 1. The van der Waals surface area contributed by atoms with E-state index in [9.17, 15) is 9.50 Å². The van der Waals surface area contributed by atoms with Gasteiger partial charge in [-0.3, -0.25) is 0 Å². The fraction of sp³-hybridized carbons (Fsp3) is 0.571. The molecule has 2 N–H and O–H groups in total. The summed E-state index contributed by atoms with van der Waals surface area (Å²) < 4.78 is 13.0. The number of rotatable bonds is 7. The van der Waals surface area contributed by atoms with Crippen molar-refractivity contribution < 1.29 is 9.50 Å². The second kappa shape index (κ2) is 7.41. The van der Waals surface area contributed by atoms with Gasteiger partial charge < -0.3 is 10.4 Å². The molecular formula is C14H22FNO. The summed E-state index contributed by atoms with van der Waals surface area (Å²) in [6.45, 7) is 4.70. The zero-order valence-electron chi connectivity index (χ0n) is 10.6. The molecule has 0 aliphatic rings. The summed E-state index contributed by atoms with van der Waals surface area (Å²) in [5, 5.41) is 12.8. The molecule has 2 atom stereocenters. The van der Waals surface area contributed by atoms with E-state index in [2.05, 4.69) is 12.2 Å². The van der Waals surface area contributed by atoms with Gasteiger partial charge >= 0.3 is 0 Å². The van der Waals surface area contributed by atoms with Crippen molar-refractivity contribution in [2.45, 2.75) is 45.3 Å². The zero-order valence-corrected chi connectivity index (χ0v) is 10.6. The van der Waals surface area contributed by atoms with Gasteiger partial charge in [0.15, 0.2) is 0 Å². The summed E-state index contributed by atoms with van der Waals surface area (Å²) in [6, 6.07) is 6.89. The van der Waals surface area contributed by atoms with Gasteiger partial charge in [0.1, 0.15) is 5.82 Å². The third-order valence-corrected chi connectivity index (χ3v) is 2.75. The lowest BCUT2D eigenvalue weighted by Crippen LogP contribution is -2.35. The quantitative estimate of drug-likeness (QED) is 0.766. The van der Waals surface area contributed by atoms with Crippen molar-refractivity contribution in [2.24, 2.45) is 0 Å². The van der Waals surface area contributed by atoms with E-state index >= 15 is 0 Å². The zero-order chi connectivity index (χ0) is 12.7. The van der Waals surface area contributed by atoms with E-state index in [1.807, 2.05) is 13.0 Å². The van der Waals surface area contributed by atoms with Crippen molar-refractivity contribution in [3.05, 3.63) is 35.6 Å². The molecule has 0 aliphatic heterocycles. The summed E-state index contributed by atoms with van der Waals surface area (Å²) in [6.07, 6.45) is 2.30. The average molecular weight is 239 g/mol. The number of halogens is 1. The molecule has 17 heavy (non-hydrogen) atoms. The minimum absolute atomic E-state index is 0.194. The predicted octanol–water partition coefficient (Wildman–Crippen LogP) is 2.51. The van der Waals surface area contributed by atoms with Gasteiger partial charge in [0.05, 0.1) is 6.10 Å². The monoisotopic (exact) mass is 239 g/mol. The van der Waals surface area contributed by atoms with E-state index in [1.54, 1.807) is 12.1 Å². The van der Waals surface area contributed by atoms with Gasteiger partial charge in [-0.2, -0.15) is 0 Å². The highest BCUT2D eigenvalue weighted by Crippen LogP contribution is 2.06. The number of hydrogen-bond donors (Lipinski definition) is 2. The SMILES string of the molecule is CCCC(O)CNC(C)Cc1cccc(F)c1. The molecule has 3 heteroatoms. The Morgan fingerprint density at radius 1 is 1.41 bits per heavy atom. The minimum atomic E-state index is -0.282. The Morgan fingerprint density at radius 3 is 2.82 bits per heavy atom. The smallest absolute Gasteiger partial charge is 0.123 e. The topological polar surface area (TPSA) is 32.3 Å². The number of hydrogen-bond acceptors (Lipinski definition) is 2. The lowest BCUT2D eigenvalue weighted by atomic mass is 10.1. The second-order valence-corrected chi connectivity index (χ2v) is 4.59. The molecule has 2 unspecified atom stereocenters. The molecule has 1 aromatic rings. The molecule has 0 bridgehead atoms. The normalized spacial score (nSPS) is 14.6. The van der Waals surface area contributed by atoms with E-state index in [-0.39, 0.29) is 18.0 Å². The van der Waals surface area contributed by atoms with Crippen LogP contribution in [0, 0.1) is 5.82 Å². The molecule has 1 rings (SSSR count). The first-order chi connectivity index (χ1) is 8.11. The molecule has 0 amide bonds. The lowest BCUT2D eigenvalue weighted by Gasteiger charge is -2.16. The third-order valence-electron chi connectivity index (χ3n) is 2.75. The Hall–Kier alpha value is -0.930. The first kappa shape index (κ1) is 14.1. The standard InChI is InChI=1S/C14H22FNO/c1-3-5-14(17)10-16-11(2)8-12-6-4-7-13(15)9-12/h4,6-7,9,11,14,16-17H,3,5,8,10H2,1-2H3. The molecule has 0 saturated heterocycles. The van der Waals surface area contributed by atoms with E-state index in [1.165, 1.54) is 6.07 Å². The summed E-state index contributed by atoms with van der Waals surface area (Å²) in [5.74, 6) is -0.194. The van der Waals surface area contributed by atoms with E-state index < -0.39 is 0 Å². The summed E-state index contributed by atoms with van der Waals surface area (Å²) >= 11 is 0. The molecule has 2 nitrogen and oxygen atoms in total. The Morgan fingerprint density at radius 2 is 2.18 bits per heavy atom. The van der Waals surface area contributed by atoms with Gasteiger partial charge in [0.2, 0.25) is 0 Å². The highest BCUT2D eigenvalue weighted by Gasteiger charge is 2.07. The van der Waals surface area contributed by atoms with Crippen molar-refractivity contribution in [3.8, 4) is 0 Å². The first-order valence-corrected chi connectivity index (χ1v) is 6.27. The summed E-state index contributed by atoms with van der Waals surface area (Å²) in [5.41, 5.74) is 0.981. The molecule has 0 spiro atoms. The Kier molecular flexibility index (Phi) is 6.16. The van der Waals surface area contributed by atoms with Crippen molar-refractivity contribution in [1.29, 1.82) is 0 Å². The van der Waals surface area contributed by atoms with Crippen LogP contribution >= 0.6 is 0 Å². The molecule has 96 valence electrons. The van der Waals surface area contributed by atoms with Crippen LogP contribution < -0.4 is 5.32 Å². The third kappa shape index (κ3) is 5.80. The molecule has 0 fully saturated rings. The molecule has 0 aromatic heterocycles. The maximum absolute atomic E-state index is 13.0. The van der Waals surface area contributed by atoms with Crippen LogP contribution in [0.4, 0.5) is 4.39 Å². The van der Waals surface area contributed by atoms with Gasteiger partial charge in [0, 0.05) is 12.6 Å². The van der Waals surface area contributed by atoms with Gasteiger partial charge in [0.25, 0.3) is 0 Å². The minimum Gasteiger partial charge on any atom is -0.392 e. The molecule has 0 heterocycles. The van der Waals surface area contributed by atoms with Gasteiger partial charge in [-0.1, -0.05) is 25.5 Å². The van der Waals surface area contributed by atoms with Crippen molar-refractivity contribution in [3.63, 3.8) is 0 Å². The molecular weight excluding hydrogens is 217 g/mol. The van der Waals surface area contributed by atoms with Crippen molar-refractivity contribution in [2.75, 3.05) is 6.54 Å².